The number of anilines is 1. The maximum absolute atomic E-state index is 13.0. The molecule has 1 fully saturated rings. The molecule has 122 valence electrons. The van der Waals surface area contributed by atoms with Gasteiger partial charge in [0.05, 0.1) is 17.3 Å². The summed E-state index contributed by atoms with van der Waals surface area (Å²) in [5.74, 6) is 0. The van der Waals surface area contributed by atoms with Crippen molar-refractivity contribution in [2.45, 2.75) is 25.1 Å². The molecule has 0 saturated carbocycles. The van der Waals surface area contributed by atoms with E-state index < -0.39 is 17.8 Å². The van der Waals surface area contributed by atoms with E-state index in [1.807, 2.05) is 17.5 Å². The highest BCUT2D eigenvalue weighted by Gasteiger charge is 2.35. The topological polar surface area (TPSA) is 32.3 Å². The van der Waals surface area contributed by atoms with Gasteiger partial charge in [0, 0.05) is 11.4 Å². The van der Waals surface area contributed by atoms with E-state index in [4.69, 9.17) is 0 Å². The number of likely N-dealkylation sites (tertiary alicyclic amines) is 1. The molecule has 1 aliphatic heterocycles. The van der Waals surface area contributed by atoms with Gasteiger partial charge < -0.3 is 10.2 Å². The molecule has 0 bridgehead atoms. The Balaban J connectivity index is 1.80. The zero-order valence-corrected chi connectivity index (χ0v) is 13.0. The van der Waals surface area contributed by atoms with Gasteiger partial charge in [-0.3, -0.25) is 0 Å². The minimum absolute atomic E-state index is 0.0620. The van der Waals surface area contributed by atoms with Crippen LogP contribution in [0.3, 0.4) is 0 Å². The fourth-order valence-electron chi connectivity index (χ4n) is 2.81. The highest BCUT2D eigenvalue weighted by molar-refractivity contribution is 7.10. The molecule has 3 nitrogen and oxygen atoms in total. The summed E-state index contributed by atoms with van der Waals surface area (Å²) in [7, 11) is 0. The Kier molecular flexibility index (Phi) is 4.30. The van der Waals surface area contributed by atoms with E-state index in [-0.39, 0.29) is 11.7 Å². The van der Waals surface area contributed by atoms with Crippen LogP contribution in [-0.4, -0.2) is 17.5 Å². The van der Waals surface area contributed by atoms with E-state index in [0.29, 0.717) is 6.54 Å². The number of amides is 2. The smallest absolute Gasteiger partial charge is 0.317 e. The maximum Gasteiger partial charge on any atom is 0.418 e. The van der Waals surface area contributed by atoms with Crippen molar-refractivity contribution < 1.29 is 18.0 Å². The summed E-state index contributed by atoms with van der Waals surface area (Å²) < 4.78 is 39.0. The van der Waals surface area contributed by atoms with Crippen LogP contribution in [0.5, 0.6) is 0 Å². The first kappa shape index (κ1) is 15.9. The summed E-state index contributed by atoms with van der Waals surface area (Å²) >= 11 is 1.55. The van der Waals surface area contributed by atoms with E-state index in [2.05, 4.69) is 5.32 Å². The molecule has 2 heterocycles. The third-order valence-electron chi connectivity index (χ3n) is 3.86. The molecule has 3 rings (SSSR count). The molecule has 1 N–H and O–H groups in total. The molecule has 2 aromatic rings. The number of halogens is 3. The monoisotopic (exact) mass is 340 g/mol. The van der Waals surface area contributed by atoms with Gasteiger partial charge in [-0.25, -0.2) is 4.79 Å². The Labute approximate surface area is 135 Å². The lowest BCUT2D eigenvalue weighted by Gasteiger charge is -2.25. The Bertz CT molecular complexity index is 685. The summed E-state index contributed by atoms with van der Waals surface area (Å²) in [5, 5.41) is 4.36. The standard InChI is InChI=1S/C16H15F3N2OS/c17-16(18,19)11-5-1-2-6-12(11)20-15(22)21-9-3-7-13(21)14-8-4-10-23-14/h1-2,4-6,8,10,13H,3,7,9H2,(H,20,22)/t13-/m0/s1. The molecule has 1 saturated heterocycles. The fraction of sp³-hybridized carbons (Fsp3) is 0.312. The molecule has 1 aliphatic rings. The number of alkyl halides is 3. The van der Waals surface area contributed by atoms with Crippen molar-refractivity contribution in [2.75, 3.05) is 11.9 Å². The number of rotatable bonds is 2. The highest BCUT2D eigenvalue weighted by Crippen LogP contribution is 2.37. The Hall–Kier alpha value is -2.02. The normalized spacial score (nSPS) is 18.2. The summed E-state index contributed by atoms with van der Waals surface area (Å²) in [6, 6.07) is 8.34. The van der Waals surface area contributed by atoms with Gasteiger partial charge in [0.25, 0.3) is 0 Å². The maximum atomic E-state index is 13.0. The first-order chi connectivity index (χ1) is 11.0. The summed E-state index contributed by atoms with van der Waals surface area (Å²) in [4.78, 5) is 15.1. The van der Waals surface area contributed by atoms with Gasteiger partial charge in [-0.2, -0.15) is 13.2 Å². The average Bonchev–Trinajstić information content (AvgIpc) is 3.17. The minimum atomic E-state index is -4.50. The quantitative estimate of drug-likeness (QED) is 0.807. The van der Waals surface area contributed by atoms with E-state index in [1.54, 1.807) is 16.2 Å². The minimum Gasteiger partial charge on any atom is -0.317 e. The largest absolute Gasteiger partial charge is 0.418 e. The van der Waals surface area contributed by atoms with Crippen LogP contribution in [0.4, 0.5) is 23.7 Å². The third-order valence-corrected chi connectivity index (χ3v) is 4.83. The highest BCUT2D eigenvalue weighted by atomic mass is 32.1. The molecule has 0 aliphatic carbocycles. The number of nitrogens with zero attached hydrogens (tertiary/aromatic N) is 1. The average molecular weight is 340 g/mol. The van der Waals surface area contributed by atoms with Gasteiger partial charge in [0.1, 0.15) is 0 Å². The molecular formula is C16H15F3N2OS. The Morgan fingerprint density at radius 3 is 2.70 bits per heavy atom. The number of para-hydroxylation sites is 1. The van der Waals surface area contributed by atoms with Gasteiger partial charge in [-0.05, 0) is 36.4 Å². The van der Waals surface area contributed by atoms with Crippen LogP contribution in [0.25, 0.3) is 0 Å². The van der Waals surface area contributed by atoms with Crippen molar-refractivity contribution in [3.05, 3.63) is 52.2 Å². The number of carbonyl (C=O) groups is 1. The number of carbonyl (C=O) groups excluding carboxylic acids is 1. The molecule has 0 spiro atoms. The molecular weight excluding hydrogens is 325 g/mol. The second kappa shape index (κ2) is 6.23. The van der Waals surface area contributed by atoms with Gasteiger partial charge in [0.2, 0.25) is 0 Å². The van der Waals surface area contributed by atoms with Crippen LogP contribution in [-0.2, 0) is 6.18 Å². The van der Waals surface area contributed by atoms with Gasteiger partial charge in [0.15, 0.2) is 0 Å². The van der Waals surface area contributed by atoms with Crippen molar-refractivity contribution in [1.29, 1.82) is 0 Å². The summed E-state index contributed by atoms with van der Waals surface area (Å²) in [6.45, 7) is 0.544. The third kappa shape index (κ3) is 3.34. The zero-order chi connectivity index (χ0) is 16.4. The van der Waals surface area contributed by atoms with Crippen LogP contribution in [0.2, 0.25) is 0 Å². The number of benzene rings is 1. The van der Waals surface area contributed by atoms with Crippen molar-refractivity contribution >= 4 is 23.1 Å². The van der Waals surface area contributed by atoms with Gasteiger partial charge in [-0.15, -0.1) is 11.3 Å². The first-order valence-corrected chi connectivity index (χ1v) is 8.12. The molecule has 1 aromatic heterocycles. The van der Waals surface area contributed by atoms with Gasteiger partial charge >= 0.3 is 12.2 Å². The number of nitrogens with one attached hydrogen (secondary N) is 1. The second-order valence-electron chi connectivity index (χ2n) is 5.34. The molecule has 7 heteroatoms. The lowest BCUT2D eigenvalue weighted by molar-refractivity contribution is -0.136. The second-order valence-corrected chi connectivity index (χ2v) is 6.32. The van der Waals surface area contributed by atoms with Crippen LogP contribution in [0.1, 0.15) is 29.3 Å². The van der Waals surface area contributed by atoms with Crippen LogP contribution >= 0.6 is 11.3 Å². The van der Waals surface area contributed by atoms with Crippen LogP contribution in [0.15, 0.2) is 41.8 Å². The van der Waals surface area contributed by atoms with Crippen LogP contribution < -0.4 is 5.32 Å². The SMILES string of the molecule is O=C(Nc1ccccc1C(F)(F)F)N1CCC[C@H]1c1cccs1. The Morgan fingerprint density at radius 2 is 2.00 bits per heavy atom. The van der Waals surface area contributed by atoms with Gasteiger partial charge in [-0.1, -0.05) is 18.2 Å². The number of hydrogen-bond donors (Lipinski definition) is 1. The summed E-state index contributed by atoms with van der Waals surface area (Å²) in [6.07, 6.45) is -2.83. The number of thiophene rings is 1. The van der Waals surface area contributed by atoms with Crippen molar-refractivity contribution in [3.8, 4) is 0 Å². The molecule has 23 heavy (non-hydrogen) atoms. The predicted molar refractivity (Wildman–Crippen MR) is 83.5 cm³/mol. The predicted octanol–water partition coefficient (Wildman–Crippen LogP) is 5.14. The van der Waals surface area contributed by atoms with E-state index in [0.717, 1.165) is 23.8 Å². The first-order valence-electron chi connectivity index (χ1n) is 7.24. The molecule has 0 radical (unpaired) electrons. The van der Waals surface area contributed by atoms with E-state index in [9.17, 15) is 18.0 Å². The lowest BCUT2D eigenvalue weighted by Crippen LogP contribution is -2.34. The van der Waals surface area contributed by atoms with Crippen molar-refractivity contribution in [1.82, 2.24) is 4.90 Å². The molecule has 0 unspecified atom stereocenters. The molecule has 2 amide bonds. The van der Waals surface area contributed by atoms with Crippen molar-refractivity contribution in [3.63, 3.8) is 0 Å². The van der Waals surface area contributed by atoms with E-state index >= 15 is 0 Å². The van der Waals surface area contributed by atoms with E-state index in [1.165, 1.54) is 18.2 Å². The lowest BCUT2D eigenvalue weighted by atomic mass is 10.1. The number of hydrogen-bond acceptors (Lipinski definition) is 2. The number of urea groups is 1. The van der Waals surface area contributed by atoms with Crippen molar-refractivity contribution in [2.24, 2.45) is 0 Å². The fourth-order valence-corrected chi connectivity index (χ4v) is 3.69. The molecule has 1 aromatic carbocycles. The Morgan fingerprint density at radius 1 is 1.22 bits per heavy atom. The molecule has 1 atom stereocenters. The zero-order valence-electron chi connectivity index (χ0n) is 12.1. The summed E-state index contributed by atoms with van der Waals surface area (Å²) in [5.41, 5.74) is -1.04. The van der Waals surface area contributed by atoms with Crippen LogP contribution in [0, 0.1) is 0 Å².